The minimum atomic E-state index is -0.307. The standard InChI is InChI=1S/C21H22N2O5S/c1-4-27-17-7-5-6-8-18(17)28-12-20(24)23-21-22-16(13-29-21)15-10-9-14(25-2)11-19(15)26-3/h5-11,13H,4,12H2,1-3H3,(H,22,23,24). The molecule has 8 heteroatoms. The van der Waals surface area contributed by atoms with Crippen LogP contribution >= 0.6 is 11.3 Å². The lowest BCUT2D eigenvalue weighted by molar-refractivity contribution is -0.118. The molecule has 1 heterocycles. The molecule has 1 N–H and O–H groups in total. The minimum absolute atomic E-state index is 0.148. The number of carbonyl (C=O) groups excluding carboxylic acids is 1. The summed E-state index contributed by atoms with van der Waals surface area (Å²) in [6, 6.07) is 12.7. The van der Waals surface area contributed by atoms with Crippen LogP contribution in [0.5, 0.6) is 23.0 Å². The largest absolute Gasteiger partial charge is 0.497 e. The van der Waals surface area contributed by atoms with Crippen LogP contribution in [0, 0.1) is 0 Å². The molecule has 0 saturated heterocycles. The van der Waals surface area contributed by atoms with Gasteiger partial charge in [0.05, 0.1) is 26.5 Å². The summed E-state index contributed by atoms with van der Waals surface area (Å²) >= 11 is 1.32. The van der Waals surface area contributed by atoms with E-state index in [1.807, 2.05) is 36.6 Å². The summed E-state index contributed by atoms with van der Waals surface area (Å²) in [6.45, 7) is 2.26. The zero-order chi connectivity index (χ0) is 20.6. The van der Waals surface area contributed by atoms with E-state index in [-0.39, 0.29) is 12.5 Å². The van der Waals surface area contributed by atoms with Crippen molar-refractivity contribution in [2.24, 2.45) is 0 Å². The van der Waals surface area contributed by atoms with Crippen LogP contribution in [0.4, 0.5) is 5.13 Å². The first kappa shape index (κ1) is 20.5. The molecule has 0 saturated carbocycles. The second-order valence-corrected chi connectivity index (χ2v) is 6.68. The Morgan fingerprint density at radius 3 is 2.48 bits per heavy atom. The number of rotatable bonds is 9. The third-order valence-electron chi connectivity index (χ3n) is 3.94. The van der Waals surface area contributed by atoms with Crippen LogP contribution in [-0.2, 0) is 4.79 Å². The lowest BCUT2D eigenvalue weighted by Gasteiger charge is -2.11. The van der Waals surface area contributed by atoms with E-state index in [4.69, 9.17) is 18.9 Å². The van der Waals surface area contributed by atoms with Gasteiger partial charge in [0.1, 0.15) is 11.5 Å². The molecule has 29 heavy (non-hydrogen) atoms. The smallest absolute Gasteiger partial charge is 0.264 e. The molecule has 0 spiro atoms. The maximum Gasteiger partial charge on any atom is 0.264 e. The lowest BCUT2D eigenvalue weighted by atomic mass is 10.1. The zero-order valence-electron chi connectivity index (χ0n) is 16.4. The fourth-order valence-corrected chi connectivity index (χ4v) is 3.33. The van der Waals surface area contributed by atoms with Crippen LogP contribution in [0.1, 0.15) is 6.92 Å². The number of carbonyl (C=O) groups is 1. The second-order valence-electron chi connectivity index (χ2n) is 5.82. The quantitative estimate of drug-likeness (QED) is 0.564. The Balaban J connectivity index is 1.64. The van der Waals surface area contributed by atoms with Crippen molar-refractivity contribution >= 4 is 22.4 Å². The van der Waals surface area contributed by atoms with E-state index in [1.165, 1.54) is 11.3 Å². The summed E-state index contributed by atoms with van der Waals surface area (Å²) in [5.74, 6) is 2.15. The van der Waals surface area contributed by atoms with Gasteiger partial charge < -0.3 is 18.9 Å². The Morgan fingerprint density at radius 1 is 1.03 bits per heavy atom. The molecule has 1 aromatic heterocycles. The molecule has 0 radical (unpaired) electrons. The summed E-state index contributed by atoms with van der Waals surface area (Å²) in [5.41, 5.74) is 1.51. The normalized spacial score (nSPS) is 10.3. The number of anilines is 1. The molecule has 3 rings (SSSR count). The van der Waals surface area contributed by atoms with Gasteiger partial charge in [0, 0.05) is 17.0 Å². The topological polar surface area (TPSA) is 78.9 Å². The van der Waals surface area contributed by atoms with E-state index in [0.29, 0.717) is 40.4 Å². The van der Waals surface area contributed by atoms with Crippen molar-refractivity contribution in [2.75, 3.05) is 32.8 Å². The minimum Gasteiger partial charge on any atom is -0.497 e. The predicted octanol–water partition coefficient (Wildman–Crippen LogP) is 4.24. The number of hydrogen-bond donors (Lipinski definition) is 1. The molecular formula is C21H22N2O5S. The third-order valence-corrected chi connectivity index (χ3v) is 4.70. The summed E-state index contributed by atoms with van der Waals surface area (Å²) in [4.78, 5) is 16.7. The van der Waals surface area contributed by atoms with Crippen LogP contribution in [0.3, 0.4) is 0 Å². The lowest BCUT2D eigenvalue weighted by Crippen LogP contribution is -2.20. The van der Waals surface area contributed by atoms with Crippen molar-refractivity contribution in [3.63, 3.8) is 0 Å². The van der Waals surface area contributed by atoms with Crippen molar-refractivity contribution in [3.8, 4) is 34.3 Å². The Bertz CT molecular complexity index is 973. The number of nitrogens with zero attached hydrogens (tertiary/aromatic N) is 1. The Morgan fingerprint density at radius 2 is 1.79 bits per heavy atom. The Hall–Kier alpha value is -3.26. The number of aromatic nitrogens is 1. The average Bonchev–Trinajstić information content (AvgIpc) is 3.21. The highest BCUT2D eigenvalue weighted by molar-refractivity contribution is 7.14. The maximum atomic E-state index is 12.3. The van der Waals surface area contributed by atoms with Crippen molar-refractivity contribution < 1.29 is 23.7 Å². The van der Waals surface area contributed by atoms with Crippen LogP contribution in [-0.4, -0.2) is 38.3 Å². The number of hydrogen-bond acceptors (Lipinski definition) is 7. The highest BCUT2D eigenvalue weighted by Crippen LogP contribution is 2.34. The van der Waals surface area contributed by atoms with Gasteiger partial charge in [-0.25, -0.2) is 4.98 Å². The van der Waals surface area contributed by atoms with E-state index < -0.39 is 0 Å². The molecule has 0 atom stereocenters. The molecule has 152 valence electrons. The summed E-state index contributed by atoms with van der Waals surface area (Å²) < 4.78 is 21.7. The Kier molecular flexibility index (Phi) is 6.91. The van der Waals surface area contributed by atoms with Gasteiger partial charge in [-0.3, -0.25) is 10.1 Å². The number of methoxy groups -OCH3 is 2. The van der Waals surface area contributed by atoms with Crippen LogP contribution < -0.4 is 24.3 Å². The molecule has 0 unspecified atom stereocenters. The molecular weight excluding hydrogens is 392 g/mol. The molecule has 3 aromatic rings. The predicted molar refractivity (Wildman–Crippen MR) is 112 cm³/mol. The SMILES string of the molecule is CCOc1ccccc1OCC(=O)Nc1nc(-c2ccc(OC)cc2OC)cs1. The highest BCUT2D eigenvalue weighted by atomic mass is 32.1. The number of nitrogens with one attached hydrogen (secondary N) is 1. The molecule has 1 amide bonds. The molecule has 0 bridgehead atoms. The van der Waals surface area contributed by atoms with E-state index in [1.54, 1.807) is 32.4 Å². The first-order valence-electron chi connectivity index (χ1n) is 8.97. The fraction of sp³-hybridized carbons (Fsp3) is 0.238. The van der Waals surface area contributed by atoms with E-state index >= 15 is 0 Å². The summed E-state index contributed by atoms with van der Waals surface area (Å²) in [6.07, 6.45) is 0. The van der Waals surface area contributed by atoms with Gasteiger partial charge in [0.2, 0.25) is 0 Å². The average molecular weight is 414 g/mol. The third kappa shape index (κ3) is 5.17. The van der Waals surface area contributed by atoms with E-state index in [0.717, 1.165) is 5.56 Å². The van der Waals surface area contributed by atoms with Gasteiger partial charge in [-0.1, -0.05) is 12.1 Å². The molecule has 0 aliphatic heterocycles. The van der Waals surface area contributed by atoms with Gasteiger partial charge in [-0.05, 0) is 31.2 Å². The first-order valence-corrected chi connectivity index (χ1v) is 9.85. The van der Waals surface area contributed by atoms with Gasteiger partial charge in [0.15, 0.2) is 23.2 Å². The van der Waals surface area contributed by atoms with Gasteiger partial charge in [-0.2, -0.15) is 0 Å². The fourth-order valence-electron chi connectivity index (χ4n) is 2.61. The number of ether oxygens (including phenoxy) is 4. The summed E-state index contributed by atoms with van der Waals surface area (Å²) in [5, 5.41) is 5.08. The molecule has 0 aliphatic carbocycles. The Labute approximate surface area is 173 Å². The van der Waals surface area contributed by atoms with Crippen molar-refractivity contribution in [3.05, 3.63) is 47.8 Å². The zero-order valence-corrected chi connectivity index (χ0v) is 17.2. The van der Waals surface area contributed by atoms with Gasteiger partial charge in [-0.15, -0.1) is 11.3 Å². The van der Waals surface area contributed by atoms with Crippen molar-refractivity contribution in [1.82, 2.24) is 4.98 Å². The van der Waals surface area contributed by atoms with Crippen LogP contribution in [0.2, 0.25) is 0 Å². The van der Waals surface area contributed by atoms with Crippen LogP contribution in [0.15, 0.2) is 47.8 Å². The molecule has 2 aromatic carbocycles. The number of thiazole rings is 1. The highest BCUT2D eigenvalue weighted by Gasteiger charge is 2.13. The van der Waals surface area contributed by atoms with Crippen LogP contribution in [0.25, 0.3) is 11.3 Å². The molecule has 7 nitrogen and oxygen atoms in total. The number of benzene rings is 2. The van der Waals surface area contributed by atoms with Crippen molar-refractivity contribution in [1.29, 1.82) is 0 Å². The monoisotopic (exact) mass is 414 g/mol. The van der Waals surface area contributed by atoms with Gasteiger partial charge in [0.25, 0.3) is 5.91 Å². The van der Waals surface area contributed by atoms with Crippen molar-refractivity contribution in [2.45, 2.75) is 6.92 Å². The molecule has 0 fully saturated rings. The first-order chi connectivity index (χ1) is 14.1. The second kappa shape index (κ2) is 9.79. The number of amides is 1. The van der Waals surface area contributed by atoms with E-state index in [2.05, 4.69) is 10.3 Å². The van der Waals surface area contributed by atoms with Gasteiger partial charge >= 0.3 is 0 Å². The maximum absolute atomic E-state index is 12.3. The van der Waals surface area contributed by atoms with E-state index in [9.17, 15) is 4.79 Å². The number of para-hydroxylation sites is 2. The molecule has 0 aliphatic rings. The summed E-state index contributed by atoms with van der Waals surface area (Å²) in [7, 11) is 3.19.